The van der Waals surface area contributed by atoms with Gasteiger partial charge in [0.25, 0.3) is 0 Å². The highest BCUT2D eigenvalue weighted by atomic mass is 32.2. The molecule has 0 spiro atoms. The number of aryl methyl sites for hydroxylation is 1. The van der Waals surface area contributed by atoms with Crippen molar-refractivity contribution >= 4 is 11.8 Å². The summed E-state index contributed by atoms with van der Waals surface area (Å²) in [5.41, 5.74) is 2.72. The number of nitrogens with zero attached hydrogens (tertiary/aromatic N) is 2. The zero-order valence-electron chi connectivity index (χ0n) is 10.3. The van der Waals surface area contributed by atoms with E-state index in [0.29, 0.717) is 13.2 Å². The summed E-state index contributed by atoms with van der Waals surface area (Å²) in [5.74, 6) is 0.173. The molecule has 2 N–H and O–H groups in total. The Labute approximate surface area is 113 Å². The van der Waals surface area contributed by atoms with Gasteiger partial charge in [-0.25, -0.2) is 4.98 Å². The molecule has 2 rings (SSSR count). The summed E-state index contributed by atoms with van der Waals surface area (Å²) in [4.78, 5) is 3.98. The van der Waals surface area contributed by atoms with E-state index in [0.717, 1.165) is 12.1 Å². The third kappa shape index (κ3) is 4.12. The Kier molecular flexibility index (Phi) is 4.75. The maximum absolute atomic E-state index is 12.1. The van der Waals surface area contributed by atoms with Gasteiger partial charge in [-0.3, -0.25) is 0 Å². The highest BCUT2D eigenvalue weighted by Crippen LogP contribution is 2.31. The van der Waals surface area contributed by atoms with Crippen molar-refractivity contribution in [3.05, 3.63) is 18.2 Å². The van der Waals surface area contributed by atoms with Gasteiger partial charge in [-0.2, -0.15) is 13.2 Å². The molecule has 2 heterocycles. The predicted molar refractivity (Wildman–Crippen MR) is 66.6 cm³/mol. The van der Waals surface area contributed by atoms with E-state index in [9.17, 15) is 13.2 Å². The molecule has 0 bridgehead atoms. The lowest BCUT2D eigenvalue weighted by Crippen LogP contribution is -2.24. The lowest BCUT2D eigenvalue weighted by atomic mass is 9.97. The molecule has 0 saturated carbocycles. The van der Waals surface area contributed by atoms with Crippen molar-refractivity contribution in [3.8, 4) is 0 Å². The van der Waals surface area contributed by atoms with Crippen LogP contribution < -0.4 is 5.73 Å². The molecule has 1 saturated heterocycles. The quantitative estimate of drug-likeness (QED) is 0.904. The summed E-state index contributed by atoms with van der Waals surface area (Å²) in [7, 11) is 0. The van der Waals surface area contributed by atoms with Crippen molar-refractivity contribution < 1.29 is 17.9 Å². The SMILES string of the molecule is NC(c1cncn1CCSC(F)(F)F)C1CCOC1. The lowest BCUT2D eigenvalue weighted by Gasteiger charge is -2.19. The number of alkyl halides is 3. The molecule has 0 aromatic carbocycles. The highest BCUT2D eigenvalue weighted by molar-refractivity contribution is 8.00. The van der Waals surface area contributed by atoms with Crippen molar-refractivity contribution in [2.75, 3.05) is 19.0 Å². The van der Waals surface area contributed by atoms with Crippen LogP contribution in [-0.2, 0) is 11.3 Å². The number of ether oxygens (including phenoxy) is 1. The molecule has 0 aliphatic carbocycles. The molecule has 2 unspecified atom stereocenters. The van der Waals surface area contributed by atoms with E-state index in [1.165, 1.54) is 6.33 Å². The molecule has 2 atom stereocenters. The topological polar surface area (TPSA) is 53.1 Å². The first-order chi connectivity index (χ1) is 8.97. The number of imidazole rings is 1. The standard InChI is InChI=1S/C11H16F3N3OS/c12-11(13,14)19-4-2-17-7-16-5-9(17)10(15)8-1-3-18-6-8/h5,7-8,10H,1-4,6,15H2. The monoisotopic (exact) mass is 295 g/mol. The third-order valence-corrected chi connectivity index (χ3v) is 3.87. The average molecular weight is 295 g/mol. The average Bonchev–Trinajstić information content (AvgIpc) is 2.97. The maximum atomic E-state index is 12.1. The van der Waals surface area contributed by atoms with Crippen molar-refractivity contribution in [1.29, 1.82) is 0 Å². The number of thioether (sulfide) groups is 1. The Morgan fingerprint density at radius 3 is 3.00 bits per heavy atom. The van der Waals surface area contributed by atoms with Crippen LogP contribution in [0, 0.1) is 5.92 Å². The molecule has 1 aromatic heterocycles. The van der Waals surface area contributed by atoms with Gasteiger partial charge in [-0.15, -0.1) is 0 Å². The van der Waals surface area contributed by atoms with E-state index >= 15 is 0 Å². The fourth-order valence-electron chi connectivity index (χ4n) is 2.13. The Hall–Kier alpha value is -0.730. The van der Waals surface area contributed by atoms with Crippen LogP contribution in [0.15, 0.2) is 12.5 Å². The normalized spacial score (nSPS) is 21.8. The van der Waals surface area contributed by atoms with Crippen LogP contribution in [0.1, 0.15) is 18.2 Å². The van der Waals surface area contributed by atoms with Crippen LogP contribution in [0.25, 0.3) is 0 Å². The first kappa shape index (κ1) is 14.7. The zero-order valence-corrected chi connectivity index (χ0v) is 11.1. The van der Waals surface area contributed by atoms with Crippen molar-refractivity contribution in [2.45, 2.75) is 24.5 Å². The van der Waals surface area contributed by atoms with Gasteiger partial charge >= 0.3 is 5.51 Å². The van der Waals surface area contributed by atoms with Crippen LogP contribution in [0.5, 0.6) is 0 Å². The number of hydrogen-bond donors (Lipinski definition) is 1. The van der Waals surface area contributed by atoms with Gasteiger partial charge in [0.2, 0.25) is 0 Å². The molecule has 1 fully saturated rings. The molecular weight excluding hydrogens is 279 g/mol. The number of nitrogens with two attached hydrogens (primary N) is 1. The van der Waals surface area contributed by atoms with Gasteiger partial charge in [-0.05, 0) is 18.2 Å². The molecule has 0 radical (unpaired) electrons. The summed E-state index contributed by atoms with van der Waals surface area (Å²) >= 11 is -0.0296. The molecule has 1 aliphatic heterocycles. The molecule has 108 valence electrons. The molecule has 0 amide bonds. The van der Waals surface area contributed by atoms with Gasteiger partial charge < -0.3 is 15.0 Å². The Morgan fingerprint density at radius 2 is 2.37 bits per heavy atom. The summed E-state index contributed by atoms with van der Waals surface area (Å²) in [6.45, 7) is 1.54. The van der Waals surface area contributed by atoms with Gasteiger partial charge in [0, 0.05) is 31.0 Å². The second kappa shape index (κ2) is 6.15. The van der Waals surface area contributed by atoms with Crippen LogP contribution in [0.2, 0.25) is 0 Å². The molecule has 19 heavy (non-hydrogen) atoms. The number of rotatable bonds is 5. The van der Waals surface area contributed by atoms with Gasteiger partial charge in [0.15, 0.2) is 0 Å². The summed E-state index contributed by atoms with van der Waals surface area (Å²) in [6.07, 6.45) is 4.03. The third-order valence-electron chi connectivity index (χ3n) is 3.16. The fraction of sp³-hybridized carbons (Fsp3) is 0.727. The number of aromatic nitrogens is 2. The molecular formula is C11H16F3N3OS. The van der Waals surface area contributed by atoms with Gasteiger partial charge in [0.1, 0.15) is 0 Å². The molecule has 4 nitrogen and oxygen atoms in total. The molecule has 8 heteroatoms. The second-order valence-corrected chi connectivity index (χ2v) is 5.62. The highest BCUT2D eigenvalue weighted by Gasteiger charge is 2.29. The lowest BCUT2D eigenvalue weighted by molar-refractivity contribution is -0.0328. The number of halogens is 3. The Morgan fingerprint density at radius 1 is 1.58 bits per heavy atom. The van der Waals surface area contributed by atoms with E-state index in [1.807, 2.05) is 0 Å². The summed E-state index contributed by atoms with van der Waals surface area (Å²) in [6, 6.07) is -0.235. The van der Waals surface area contributed by atoms with Gasteiger partial charge in [0.05, 0.1) is 24.7 Å². The fourth-order valence-corrected chi connectivity index (χ4v) is 2.65. The Bertz CT molecular complexity index is 404. The van der Waals surface area contributed by atoms with E-state index in [-0.39, 0.29) is 36.0 Å². The molecule has 1 aromatic rings. The zero-order chi connectivity index (χ0) is 13.9. The minimum absolute atomic E-state index is 0.0296. The second-order valence-electron chi connectivity index (χ2n) is 4.46. The van der Waals surface area contributed by atoms with Crippen LogP contribution in [-0.4, -0.2) is 34.0 Å². The van der Waals surface area contributed by atoms with Crippen molar-refractivity contribution in [1.82, 2.24) is 9.55 Å². The van der Waals surface area contributed by atoms with Crippen molar-refractivity contribution in [2.24, 2.45) is 11.7 Å². The van der Waals surface area contributed by atoms with E-state index in [1.54, 1.807) is 10.8 Å². The smallest absolute Gasteiger partial charge is 0.381 e. The van der Waals surface area contributed by atoms with Crippen LogP contribution in [0.3, 0.4) is 0 Å². The Balaban J connectivity index is 1.93. The van der Waals surface area contributed by atoms with E-state index in [4.69, 9.17) is 10.5 Å². The van der Waals surface area contributed by atoms with Crippen molar-refractivity contribution in [3.63, 3.8) is 0 Å². The summed E-state index contributed by atoms with van der Waals surface area (Å²) in [5, 5.41) is 0. The first-order valence-electron chi connectivity index (χ1n) is 6.01. The first-order valence-corrected chi connectivity index (χ1v) is 7.00. The molecule has 1 aliphatic rings. The minimum atomic E-state index is -4.19. The minimum Gasteiger partial charge on any atom is -0.381 e. The van der Waals surface area contributed by atoms with Crippen LogP contribution in [0.4, 0.5) is 13.2 Å². The number of hydrogen-bond acceptors (Lipinski definition) is 4. The van der Waals surface area contributed by atoms with Gasteiger partial charge in [-0.1, -0.05) is 0 Å². The van der Waals surface area contributed by atoms with E-state index in [2.05, 4.69) is 4.98 Å². The van der Waals surface area contributed by atoms with E-state index < -0.39 is 5.51 Å². The maximum Gasteiger partial charge on any atom is 0.441 e. The predicted octanol–water partition coefficient (Wildman–Crippen LogP) is 2.17. The largest absolute Gasteiger partial charge is 0.441 e. The summed E-state index contributed by atoms with van der Waals surface area (Å²) < 4.78 is 43.2. The van der Waals surface area contributed by atoms with Crippen LogP contribution >= 0.6 is 11.8 Å².